The highest BCUT2D eigenvalue weighted by atomic mass is 32.2. The molecule has 1 atom stereocenters. The fourth-order valence-electron chi connectivity index (χ4n) is 3.28. The van der Waals surface area contributed by atoms with Gasteiger partial charge in [0.25, 0.3) is 5.91 Å². The lowest BCUT2D eigenvalue weighted by atomic mass is 9.97. The van der Waals surface area contributed by atoms with Crippen molar-refractivity contribution in [1.29, 1.82) is 5.26 Å². The first-order valence-electron chi connectivity index (χ1n) is 9.67. The number of nitrogens with one attached hydrogen (secondary N) is 2. The van der Waals surface area contributed by atoms with Crippen molar-refractivity contribution in [3.63, 3.8) is 0 Å². The summed E-state index contributed by atoms with van der Waals surface area (Å²) in [5, 5.41) is 14.8. The molecule has 0 radical (unpaired) electrons. The van der Waals surface area contributed by atoms with E-state index < -0.39 is 21.2 Å². The summed E-state index contributed by atoms with van der Waals surface area (Å²) in [5.74, 6) is -0.585. The summed E-state index contributed by atoms with van der Waals surface area (Å²) in [5.41, 5.74) is 4.30. The van der Waals surface area contributed by atoms with Crippen molar-refractivity contribution in [2.45, 2.75) is 39.9 Å². The van der Waals surface area contributed by atoms with Crippen LogP contribution >= 0.6 is 12.2 Å². The van der Waals surface area contributed by atoms with Gasteiger partial charge in [0.05, 0.1) is 27.4 Å². The number of carbonyl (C=O) groups excluding carboxylic acids is 1. The number of amides is 1. The molecule has 0 spiro atoms. The lowest BCUT2D eigenvalue weighted by Crippen LogP contribution is -2.37. The fraction of sp³-hybridized carbons (Fsp3) is 0.273. The summed E-state index contributed by atoms with van der Waals surface area (Å²) in [6.45, 7) is 8.85. The minimum Gasteiger partial charge on any atom is -0.337 e. The van der Waals surface area contributed by atoms with Crippen LogP contribution in [0.2, 0.25) is 0 Å². The molecule has 8 nitrogen and oxygen atoms in total. The minimum absolute atomic E-state index is 0.00340. The highest BCUT2D eigenvalue weighted by molar-refractivity contribution is 7.96. The number of rotatable bonds is 5. The molecule has 0 fully saturated rings. The van der Waals surface area contributed by atoms with E-state index in [0.29, 0.717) is 22.5 Å². The highest BCUT2D eigenvalue weighted by Gasteiger charge is 2.34. The molecule has 32 heavy (non-hydrogen) atoms. The lowest BCUT2D eigenvalue weighted by molar-refractivity contribution is -0.112. The first kappa shape index (κ1) is 23.4. The van der Waals surface area contributed by atoms with Gasteiger partial charge in [-0.1, -0.05) is 35.6 Å². The van der Waals surface area contributed by atoms with Gasteiger partial charge in [0.1, 0.15) is 11.3 Å². The largest absolute Gasteiger partial charge is 0.337 e. The molecule has 0 bridgehead atoms. The van der Waals surface area contributed by atoms with Gasteiger partial charge in [0.2, 0.25) is 15.9 Å². The van der Waals surface area contributed by atoms with Gasteiger partial charge in [-0.05, 0) is 57.4 Å². The summed E-state index contributed by atoms with van der Waals surface area (Å²) < 4.78 is 33.3. The summed E-state index contributed by atoms with van der Waals surface area (Å²) in [7, 11) is -4.05. The molecule has 0 aliphatic heterocycles. The van der Waals surface area contributed by atoms with Crippen LogP contribution < -0.4 is 10.0 Å². The molecule has 1 aliphatic rings. The van der Waals surface area contributed by atoms with Crippen molar-refractivity contribution in [3.05, 3.63) is 63.4 Å². The summed E-state index contributed by atoms with van der Waals surface area (Å²) >= 11 is 5.37. The van der Waals surface area contributed by atoms with Gasteiger partial charge in [0.15, 0.2) is 0 Å². The number of benzene rings is 1. The highest BCUT2D eigenvalue weighted by Crippen LogP contribution is 2.28. The number of hydrogen-bond acceptors (Lipinski definition) is 7. The van der Waals surface area contributed by atoms with Crippen LogP contribution in [-0.2, 0) is 14.8 Å². The predicted molar refractivity (Wildman–Crippen MR) is 126 cm³/mol. The smallest absolute Gasteiger partial charge is 0.256 e. The van der Waals surface area contributed by atoms with Gasteiger partial charge in [-0.3, -0.25) is 4.79 Å². The van der Waals surface area contributed by atoms with Crippen LogP contribution in [0.15, 0.2) is 34.4 Å². The Morgan fingerprint density at radius 2 is 1.88 bits per heavy atom. The Morgan fingerprint density at radius 3 is 2.47 bits per heavy atom. The molecule has 3 rings (SSSR count). The molecule has 1 unspecified atom stereocenters. The third kappa shape index (κ3) is 4.22. The Morgan fingerprint density at radius 1 is 1.19 bits per heavy atom. The van der Waals surface area contributed by atoms with Crippen molar-refractivity contribution in [3.8, 4) is 6.07 Å². The summed E-state index contributed by atoms with van der Waals surface area (Å²) in [6, 6.07) is 4.00. The van der Waals surface area contributed by atoms with Gasteiger partial charge >= 0.3 is 0 Å². The van der Waals surface area contributed by atoms with Crippen LogP contribution in [0, 0.1) is 45.9 Å². The fourth-order valence-corrected chi connectivity index (χ4v) is 5.18. The summed E-state index contributed by atoms with van der Waals surface area (Å²) in [4.78, 5) is 13.0. The number of hydrogen-bond donors (Lipinski definition) is 2. The first-order chi connectivity index (χ1) is 15.0. The number of allylic oxidation sites excluding steroid dienone is 2. The molecular weight excluding hydrogens is 448 g/mol. The van der Waals surface area contributed by atoms with E-state index in [1.165, 1.54) is 18.2 Å². The molecule has 2 N–H and O–H groups in total. The maximum atomic E-state index is 13.0. The van der Waals surface area contributed by atoms with Gasteiger partial charge in [0, 0.05) is 5.56 Å². The van der Waals surface area contributed by atoms with Crippen LogP contribution in [0.1, 0.15) is 33.5 Å². The standard InChI is InChI=1S/C22H22N4O4S2/c1-11-9-12(2)19(17(10-23)13(11)3)24-21(27)16-7-6-8-18(20(16)31)32(28,29)26-22-14(4)15(5)25-30-22/h6-9,18,26H,1-5H3,(H,24,27). The van der Waals surface area contributed by atoms with Crippen LogP contribution in [0.3, 0.4) is 0 Å². The van der Waals surface area contributed by atoms with Gasteiger partial charge < -0.3 is 9.84 Å². The van der Waals surface area contributed by atoms with Crippen molar-refractivity contribution in [2.24, 2.45) is 0 Å². The number of carbonyl (C=O) groups is 1. The van der Waals surface area contributed by atoms with Crippen molar-refractivity contribution in [2.75, 3.05) is 10.0 Å². The van der Waals surface area contributed by atoms with E-state index in [9.17, 15) is 18.5 Å². The Balaban J connectivity index is 1.88. The number of anilines is 2. The number of sulfonamides is 1. The van der Waals surface area contributed by atoms with E-state index in [-0.39, 0.29) is 16.3 Å². The second-order valence-corrected chi connectivity index (χ2v) is 9.81. The average Bonchev–Trinajstić information content (AvgIpc) is 3.03. The molecule has 0 saturated carbocycles. The molecule has 166 valence electrons. The number of nitriles is 1. The zero-order chi connectivity index (χ0) is 23.8. The van der Waals surface area contributed by atoms with Crippen molar-refractivity contribution < 1.29 is 17.7 Å². The molecular formula is C22H22N4O4S2. The SMILES string of the molecule is Cc1cc(C)c(NC(=O)C2=CC=CC(S(=O)(=O)Nc3onc(C)c3C)C2=S)c(C#N)c1C. The maximum Gasteiger partial charge on any atom is 0.256 e. The van der Waals surface area contributed by atoms with Crippen LogP contribution in [0.5, 0.6) is 0 Å². The van der Waals surface area contributed by atoms with Crippen molar-refractivity contribution in [1.82, 2.24) is 5.16 Å². The van der Waals surface area contributed by atoms with E-state index in [2.05, 4.69) is 21.3 Å². The molecule has 2 aromatic rings. The minimum atomic E-state index is -4.05. The number of aryl methyl sites for hydroxylation is 3. The Hall–Kier alpha value is -3.29. The van der Waals surface area contributed by atoms with E-state index in [0.717, 1.165) is 16.7 Å². The molecule has 1 heterocycles. The third-order valence-electron chi connectivity index (χ3n) is 5.44. The summed E-state index contributed by atoms with van der Waals surface area (Å²) in [6.07, 6.45) is 4.31. The lowest BCUT2D eigenvalue weighted by Gasteiger charge is -2.21. The predicted octanol–water partition coefficient (Wildman–Crippen LogP) is 3.70. The molecule has 1 aromatic carbocycles. The third-order valence-corrected chi connectivity index (χ3v) is 7.59. The van der Waals surface area contributed by atoms with Crippen molar-refractivity contribution >= 4 is 44.6 Å². The zero-order valence-electron chi connectivity index (χ0n) is 18.2. The van der Waals surface area contributed by atoms with Crippen LogP contribution in [0.4, 0.5) is 11.6 Å². The maximum absolute atomic E-state index is 13.0. The Bertz CT molecular complexity index is 1340. The van der Waals surface area contributed by atoms with Gasteiger partial charge in [-0.2, -0.15) is 5.26 Å². The second kappa shape index (κ2) is 8.68. The quantitative estimate of drug-likeness (QED) is 0.638. The van der Waals surface area contributed by atoms with Gasteiger partial charge in [-0.15, -0.1) is 0 Å². The first-order valence-corrected chi connectivity index (χ1v) is 11.6. The van der Waals surface area contributed by atoms with E-state index in [1.807, 2.05) is 13.0 Å². The number of thiocarbonyl (C=S) groups is 1. The number of nitrogens with zero attached hydrogens (tertiary/aromatic N) is 2. The molecule has 0 saturated heterocycles. The zero-order valence-corrected chi connectivity index (χ0v) is 19.9. The second-order valence-electron chi connectivity index (χ2n) is 7.57. The molecule has 10 heteroatoms. The van der Waals surface area contributed by atoms with Crippen LogP contribution in [-0.4, -0.2) is 29.6 Å². The van der Waals surface area contributed by atoms with E-state index in [4.69, 9.17) is 16.7 Å². The monoisotopic (exact) mass is 470 g/mol. The Labute approximate surface area is 192 Å². The molecule has 1 aromatic heterocycles. The molecule has 1 aliphatic carbocycles. The van der Waals surface area contributed by atoms with Crippen LogP contribution in [0.25, 0.3) is 0 Å². The Kier molecular flexibility index (Phi) is 6.34. The normalized spacial score (nSPS) is 15.8. The van der Waals surface area contributed by atoms with E-state index in [1.54, 1.807) is 27.7 Å². The molecule has 1 amide bonds. The van der Waals surface area contributed by atoms with E-state index >= 15 is 0 Å². The van der Waals surface area contributed by atoms with Gasteiger partial charge in [-0.25, -0.2) is 13.1 Å². The number of aromatic nitrogens is 1. The average molecular weight is 471 g/mol. The topological polar surface area (TPSA) is 125 Å².